The Balaban J connectivity index is 1.65. The van der Waals surface area contributed by atoms with Crippen molar-refractivity contribution in [1.82, 2.24) is 15.3 Å². The van der Waals surface area contributed by atoms with Crippen molar-refractivity contribution in [3.63, 3.8) is 0 Å². The van der Waals surface area contributed by atoms with Crippen LogP contribution in [-0.4, -0.2) is 55.3 Å². The van der Waals surface area contributed by atoms with Crippen molar-refractivity contribution in [2.75, 3.05) is 32.2 Å². The number of carbonyl (C=O) groups is 1. The average molecular weight is 356 g/mol. The van der Waals surface area contributed by atoms with Crippen molar-refractivity contribution >= 4 is 11.7 Å². The molecule has 0 unspecified atom stereocenters. The number of carbonyl (C=O) groups excluding carboxylic acids is 1. The van der Waals surface area contributed by atoms with Crippen LogP contribution in [0.2, 0.25) is 0 Å². The maximum atomic E-state index is 12.8. The molecule has 2 atom stereocenters. The fraction of sp³-hybridized carbons (Fsp3) is 0.421. The van der Waals surface area contributed by atoms with Gasteiger partial charge in [0.1, 0.15) is 11.9 Å². The number of pyridine rings is 2. The van der Waals surface area contributed by atoms with Crippen LogP contribution in [0.3, 0.4) is 0 Å². The predicted molar refractivity (Wildman–Crippen MR) is 98.1 cm³/mol. The molecule has 3 heterocycles. The largest absolute Gasteiger partial charge is 0.379 e. The number of aromatic nitrogens is 2. The van der Waals surface area contributed by atoms with Gasteiger partial charge in [-0.3, -0.25) is 9.78 Å². The number of hydrogen-bond acceptors (Lipinski definition) is 6. The van der Waals surface area contributed by atoms with Crippen molar-refractivity contribution in [3.05, 3.63) is 54.0 Å². The lowest BCUT2D eigenvalue weighted by molar-refractivity contribution is -0.0743. The molecule has 1 aliphatic heterocycles. The summed E-state index contributed by atoms with van der Waals surface area (Å²) in [6.07, 6.45) is 3.91. The molecule has 0 spiro atoms. The van der Waals surface area contributed by atoms with E-state index in [0.29, 0.717) is 37.6 Å². The van der Waals surface area contributed by atoms with Gasteiger partial charge in [0.25, 0.3) is 5.91 Å². The molecule has 2 aromatic heterocycles. The minimum absolute atomic E-state index is 0.116. The van der Waals surface area contributed by atoms with Crippen LogP contribution in [0, 0.1) is 0 Å². The quantitative estimate of drug-likeness (QED) is 0.848. The maximum absolute atomic E-state index is 12.8. The molecule has 0 aliphatic carbocycles. The first-order chi connectivity index (χ1) is 12.6. The number of rotatable bonds is 6. The summed E-state index contributed by atoms with van der Waals surface area (Å²) in [4.78, 5) is 23.1. The molecule has 1 aliphatic rings. The number of hydrogen-bond donors (Lipinski definition) is 1. The standard InChI is InChI=1S/C19H24N4O3/c1-23(2)18-15(7-5-10-21-18)19(24)22-16-8-11-25-13-17(16)26-12-14-6-3-4-9-20-14/h3-7,9-10,16-17H,8,11-13H2,1-2H3,(H,22,24)/t16-,17-/m1/s1. The number of nitrogens with zero attached hydrogens (tertiary/aromatic N) is 3. The molecular formula is C19H24N4O3. The van der Waals surface area contributed by atoms with E-state index in [1.54, 1.807) is 24.5 Å². The van der Waals surface area contributed by atoms with Crippen LogP contribution < -0.4 is 10.2 Å². The normalized spacial score (nSPS) is 19.8. The predicted octanol–water partition coefficient (Wildman–Crippen LogP) is 1.65. The number of ether oxygens (including phenoxy) is 2. The monoisotopic (exact) mass is 356 g/mol. The highest BCUT2D eigenvalue weighted by Gasteiger charge is 2.29. The van der Waals surface area contributed by atoms with Gasteiger partial charge in [-0.2, -0.15) is 0 Å². The molecule has 2 aromatic rings. The second kappa shape index (κ2) is 8.73. The lowest BCUT2D eigenvalue weighted by Gasteiger charge is -2.32. The van der Waals surface area contributed by atoms with E-state index < -0.39 is 0 Å². The summed E-state index contributed by atoms with van der Waals surface area (Å²) in [5.74, 6) is 0.489. The summed E-state index contributed by atoms with van der Waals surface area (Å²) < 4.78 is 11.5. The summed E-state index contributed by atoms with van der Waals surface area (Å²) in [6.45, 7) is 1.43. The molecular weight excluding hydrogens is 332 g/mol. The summed E-state index contributed by atoms with van der Waals surface area (Å²) >= 11 is 0. The van der Waals surface area contributed by atoms with E-state index in [-0.39, 0.29) is 18.1 Å². The zero-order valence-corrected chi connectivity index (χ0v) is 15.1. The van der Waals surface area contributed by atoms with Gasteiger partial charge in [-0.25, -0.2) is 4.98 Å². The van der Waals surface area contributed by atoms with Gasteiger partial charge in [0.05, 0.1) is 30.5 Å². The Kier molecular flexibility index (Phi) is 6.14. The molecule has 0 aromatic carbocycles. The summed E-state index contributed by atoms with van der Waals surface area (Å²) in [5.41, 5.74) is 1.40. The van der Waals surface area contributed by atoms with E-state index in [2.05, 4.69) is 15.3 Å². The first-order valence-electron chi connectivity index (χ1n) is 8.67. The van der Waals surface area contributed by atoms with Gasteiger partial charge in [0, 0.05) is 33.1 Å². The van der Waals surface area contributed by atoms with Crippen LogP contribution in [0.5, 0.6) is 0 Å². The summed E-state index contributed by atoms with van der Waals surface area (Å²) in [7, 11) is 3.73. The minimum Gasteiger partial charge on any atom is -0.379 e. The molecule has 1 fully saturated rings. The Morgan fingerprint density at radius 2 is 2.12 bits per heavy atom. The van der Waals surface area contributed by atoms with Crippen molar-refractivity contribution < 1.29 is 14.3 Å². The molecule has 7 heteroatoms. The third-order valence-electron chi connectivity index (χ3n) is 4.25. The average Bonchev–Trinajstić information content (AvgIpc) is 2.68. The third kappa shape index (κ3) is 4.56. The van der Waals surface area contributed by atoms with Gasteiger partial charge >= 0.3 is 0 Å². The topological polar surface area (TPSA) is 76.6 Å². The zero-order chi connectivity index (χ0) is 18.4. The third-order valence-corrected chi connectivity index (χ3v) is 4.25. The SMILES string of the molecule is CN(C)c1ncccc1C(=O)N[C@@H]1CCOC[C@H]1OCc1ccccn1. The van der Waals surface area contributed by atoms with Crippen molar-refractivity contribution in [2.24, 2.45) is 0 Å². The Morgan fingerprint density at radius 3 is 2.88 bits per heavy atom. The van der Waals surface area contributed by atoms with Gasteiger partial charge in [-0.15, -0.1) is 0 Å². The van der Waals surface area contributed by atoms with Crippen molar-refractivity contribution in [3.8, 4) is 0 Å². The molecule has 0 saturated carbocycles. The number of nitrogens with one attached hydrogen (secondary N) is 1. The molecule has 3 rings (SSSR count). The smallest absolute Gasteiger partial charge is 0.255 e. The van der Waals surface area contributed by atoms with Gasteiger partial charge in [0.15, 0.2) is 0 Å². The first kappa shape index (κ1) is 18.3. The summed E-state index contributed by atoms with van der Waals surface area (Å²) in [6, 6.07) is 9.13. The fourth-order valence-corrected chi connectivity index (χ4v) is 2.89. The second-order valence-corrected chi connectivity index (χ2v) is 6.38. The minimum atomic E-state index is -0.214. The van der Waals surface area contributed by atoms with Crippen LogP contribution in [0.1, 0.15) is 22.5 Å². The van der Waals surface area contributed by atoms with Crippen molar-refractivity contribution in [1.29, 1.82) is 0 Å². The molecule has 26 heavy (non-hydrogen) atoms. The Bertz CT molecular complexity index is 724. The van der Waals surface area contributed by atoms with Crippen LogP contribution in [-0.2, 0) is 16.1 Å². The molecule has 1 amide bonds. The number of anilines is 1. The lowest BCUT2D eigenvalue weighted by atomic mass is 10.1. The van der Waals surface area contributed by atoms with Gasteiger partial charge in [-0.05, 0) is 30.7 Å². The highest BCUT2D eigenvalue weighted by atomic mass is 16.5. The van der Waals surface area contributed by atoms with Crippen LogP contribution in [0.15, 0.2) is 42.7 Å². The van der Waals surface area contributed by atoms with Gasteiger partial charge in [-0.1, -0.05) is 6.07 Å². The highest BCUT2D eigenvalue weighted by molar-refractivity contribution is 5.99. The van der Waals surface area contributed by atoms with E-state index in [0.717, 1.165) is 5.69 Å². The van der Waals surface area contributed by atoms with Gasteiger partial charge in [0.2, 0.25) is 0 Å². The van der Waals surface area contributed by atoms with Crippen LogP contribution >= 0.6 is 0 Å². The molecule has 1 N–H and O–H groups in total. The first-order valence-corrected chi connectivity index (χ1v) is 8.67. The van der Waals surface area contributed by atoms with E-state index >= 15 is 0 Å². The van der Waals surface area contributed by atoms with E-state index in [9.17, 15) is 4.79 Å². The lowest BCUT2D eigenvalue weighted by Crippen LogP contribution is -2.50. The highest BCUT2D eigenvalue weighted by Crippen LogP contribution is 2.17. The van der Waals surface area contributed by atoms with Gasteiger partial charge < -0.3 is 19.7 Å². The zero-order valence-electron chi connectivity index (χ0n) is 15.1. The molecule has 138 valence electrons. The van der Waals surface area contributed by atoms with Crippen LogP contribution in [0.25, 0.3) is 0 Å². The second-order valence-electron chi connectivity index (χ2n) is 6.38. The van der Waals surface area contributed by atoms with Crippen molar-refractivity contribution in [2.45, 2.75) is 25.2 Å². The number of amides is 1. The van der Waals surface area contributed by atoms with E-state index in [4.69, 9.17) is 9.47 Å². The molecule has 0 radical (unpaired) electrons. The fourth-order valence-electron chi connectivity index (χ4n) is 2.89. The van der Waals surface area contributed by atoms with E-state index in [1.165, 1.54) is 0 Å². The maximum Gasteiger partial charge on any atom is 0.255 e. The Labute approximate surface area is 153 Å². The molecule has 7 nitrogen and oxygen atoms in total. The van der Waals surface area contributed by atoms with E-state index in [1.807, 2.05) is 37.2 Å². The van der Waals surface area contributed by atoms with Crippen LogP contribution in [0.4, 0.5) is 5.82 Å². The summed E-state index contributed by atoms with van der Waals surface area (Å²) in [5, 5.41) is 3.09. The molecule has 1 saturated heterocycles. The Morgan fingerprint density at radius 1 is 1.27 bits per heavy atom. The Hall–Kier alpha value is -2.51. The molecule has 0 bridgehead atoms.